The number of aliphatic hydroxyl groups is 2. The Kier molecular flexibility index (Phi) is 9.30. The fourth-order valence-electron chi connectivity index (χ4n) is 1.20. The Morgan fingerprint density at radius 2 is 2.00 bits per heavy atom. The molecule has 0 spiro atoms. The van der Waals surface area contributed by atoms with Crippen molar-refractivity contribution in [3.8, 4) is 0 Å². The van der Waals surface area contributed by atoms with Crippen molar-refractivity contribution < 1.29 is 15.0 Å². The number of hydrogen-bond donors (Lipinski definition) is 6. The van der Waals surface area contributed by atoms with Crippen LogP contribution in [0.25, 0.3) is 0 Å². The summed E-state index contributed by atoms with van der Waals surface area (Å²) in [6, 6.07) is -0.703. The first-order chi connectivity index (χ1) is 7.60. The van der Waals surface area contributed by atoms with Crippen molar-refractivity contribution in [2.45, 2.75) is 37.8 Å². The maximum absolute atomic E-state index is 10.4. The molecule has 0 amide bonds. The summed E-state index contributed by atoms with van der Waals surface area (Å²) in [5.41, 5.74) is 10.5. The van der Waals surface area contributed by atoms with E-state index in [0.717, 1.165) is 12.8 Å². The predicted molar refractivity (Wildman–Crippen MR) is 60.1 cm³/mol. The van der Waals surface area contributed by atoms with Crippen molar-refractivity contribution in [1.82, 2.24) is 10.6 Å². The van der Waals surface area contributed by atoms with Gasteiger partial charge in [-0.25, -0.2) is 0 Å². The summed E-state index contributed by atoms with van der Waals surface area (Å²) in [7, 11) is 0. The molecule has 96 valence electrons. The molecule has 0 aromatic carbocycles. The quantitative estimate of drug-likeness (QED) is 0.139. The van der Waals surface area contributed by atoms with Gasteiger partial charge >= 0.3 is 0 Å². The molecule has 0 aliphatic carbocycles. The van der Waals surface area contributed by atoms with Crippen molar-refractivity contribution in [2.24, 2.45) is 11.5 Å². The second-order valence-electron chi connectivity index (χ2n) is 3.58. The Labute approximate surface area is 95.2 Å². The Morgan fingerprint density at radius 3 is 2.50 bits per heavy atom. The third-order valence-corrected chi connectivity index (χ3v) is 2.05. The molecule has 0 saturated carbocycles. The smallest absolute Gasteiger partial charge is 0.139 e. The molecule has 0 aromatic heterocycles. The van der Waals surface area contributed by atoms with E-state index in [0.29, 0.717) is 19.3 Å². The van der Waals surface area contributed by atoms with E-state index in [1.807, 2.05) is 0 Å². The highest BCUT2D eigenvalue weighted by Gasteiger charge is 2.10. The fourth-order valence-corrected chi connectivity index (χ4v) is 1.20. The van der Waals surface area contributed by atoms with Gasteiger partial charge in [-0.15, -0.1) is 0 Å². The first kappa shape index (κ1) is 15.4. The van der Waals surface area contributed by atoms with Crippen LogP contribution in [0.4, 0.5) is 0 Å². The van der Waals surface area contributed by atoms with Crippen LogP contribution in [0.2, 0.25) is 0 Å². The fraction of sp³-hybridized carbons (Fsp3) is 0.889. The zero-order valence-corrected chi connectivity index (χ0v) is 9.30. The van der Waals surface area contributed by atoms with E-state index in [9.17, 15) is 9.90 Å². The lowest BCUT2D eigenvalue weighted by Gasteiger charge is -2.16. The molecular weight excluding hydrogens is 212 g/mol. The van der Waals surface area contributed by atoms with Crippen LogP contribution in [-0.2, 0) is 4.79 Å². The second kappa shape index (κ2) is 9.64. The minimum Gasteiger partial charge on any atom is -0.394 e. The van der Waals surface area contributed by atoms with E-state index in [4.69, 9.17) is 16.6 Å². The average molecular weight is 234 g/mol. The summed E-state index contributed by atoms with van der Waals surface area (Å²) in [5.74, 6) is 0. The van der Waals surface area contributed by atoms with E-state index >= 15 is 0 Å². The number of rotatable bonds is 10. The number of unbranched alkanes of at least 4 members (excludes halogenated alkanes) is 1. The summed E-state index contributed by atoms with van der Waals surface area (Å²) >= 11 is 0. The van der Waals surface area contributed by atoms with Crippen LogP contribution in [0.5, 0.6) is 0 Å². The Balaban J connectivity index is 3.42. The van der Waals surface area contributed by atoms with Crippen LogP contribution >= 0.6 is 0 Å². The van der Waals surface area contributed by atoms with Gasteiger partial charge < -0.3 is 26.5 Å². The third kappa shape index (κ3) is 8.72. The first-order valence-corrected chi connectivity index (χ1v) is 5.35. The normalized spacial score (nSPS) is 15.1. The van der Waals surface area contributed by atoms with Gasteiger partial charge in [-0.3, -0.25) is 10.6 Å². The molecule has 0 radical (unpaired) electrons. The van der Waals surface area contributed by atoms with Gasteiger partial charge in [-0.1, -0.05) is 0 Å². The van der Waals surface area contributed by atoms with Gasteiger partial charge in [0.05, 0.1) is 12.6 Å². The lowest BCUT2D eigenvalue weighted by Crippen LogP contribution is -2.45. The average Bonchev–Trinajstić information content (AvgIpc) is 2.25. The van der Waals surface area contributed by atoms with Crippen molar-refractivity contribution in [1.29, 1.82) is 0 Å². The molecule has 0 aliphatic heterocycles. The molecule has 2 atom stereocenters. The minimum atomic E-state index is -0.783. The molecule has 0 saturated heterocycles. The zero-order valence-electron chi connectivity index (χ0n) is 9.30. The highest BCUT2D eigenvalue weighted by Crippen LogP contribution is 1.98. The minimum absolute atomic E-state index is 0.315. The Hall–Kier alpha value is -0.570. The monoisotopic (exact) mass is 234 g/mol. The van der Waals surface area contributed by atoms with Gasteiger partial charge in [0.2, 0.25) is 0 Å². The van der Waals surface area contributed by atoms with Crippen LogP contribution < -0.4 is 22.1 Å². The summed E-state index contributed by atoms with van der Waals surface area (Å²) in [4.78, 5) is 10.4. The van der Waals surface area contributed by atoms with E-state index in [2.05, 4.69) is 10.6 Å². The van der Waals surface area contributed by atoms with Crippen LogP contribution in [-0.4, -0.2) is 48.2 Å². The van der Waals surface area contributed by atoms with E-state index in [-0.39, 0.29) is 6.61 Å². The summed E-state index contributed by atoms with van der Waals surface area (Å²) in [6.45, 7) is 0.367. The molecule has 0 bridgehead atoms. The van der Waals surface area contributed by atoms with Gasteiger partial charge in [0, 0.05) is 0 Å². The number of nitrogens with two attached hydrogens (primary N) is 2. The molecule has 7 heteroatoms. The topological polar surface area (TPSA) is 134 Å². The van der Waals surface area contributed by atoms with Crippen molar-refractivity contribution in [2.75, 3.05) is 13.2 Å². The molecule has 7 nitrogen and oxygen atoms in total. The molecule has 0 heterocycles. The van der Waals surface area contributed by atoms with Gasteiger partial charge in [0.25, 0.3) is 0 Å². The molecule has 8 N–H and O–H groups in total. The summed E-state index contributed by atoms with van der Waals surface area (Å²) in [6.07, 6.45) is 1.37. The standard InChI is InChI=1S/C9H22N4O3/c10-9(11)12-4-2-1-3-8(16)13-7(5-14)6-15/h5,7-9,12-13,15-16H,1-4,6,10-11H2/t7-,8?/m1/s1. The maximum atomic E-state index is 10.4. The number of aliphatic hydroxyl groups excluding tert-OH is 2. The van der Waals surface area contributed by atoms with Crippen molar-refractivity contribution >= 4 is 6.29 Å². The second-order valence-corrected chi connectivity index (χ2v) is 3.58. The SMILES string of the molecule is NC(N)NCCCCC(O)N[C@H](C=O)CO. The van der Waals surface area contributed by atoms with E-state index in [1.54, 1.807) is 0 Å². The molecule has 0 rings (SSSR count). The molecular formula is C9H22N4O3. The Morgan fingerprint density at radius 1 is 1.31 bits per heavy atom. The van der Waals surface area contributed by atoms with Crippen LogP contribution in [0, 0.1) is 0 Å². The molecule has 0 fully saturated rings. The Bertz CT molecular complexity index is 180. The van der Waals surface area contributed by atoms with E-state index in [1.165, 1.54) is 0 Å². The summed E-state index contributed by atoms with van der Waals surface area (Å²) < 4.78 is 0. The van der Waals surface area contributed by atoms with E-state index < -0.39 is 18.6 Å². The van der Waals surface area contributed by atoms with Gasteiger partial charge in [0.1, 0.15) is 18.8 Å². The highest BCUT2D eigenvalue weighted by molar-refractivity contribution is 5.57. The number of hydrogen-bond acceptors (Lipinski definition) is 7. The van der Waals surface area contributed by atoms with Crippen molar-refractivity contribution in [3.63, 3.8) is 0 Å². The molecule has 16 heavy (non-hydrogen) atoms. The van der Waals surface area contributed by atoms with Crippen molar-refractivity contribution in [3.05, 3.63) is 0 Å². The number of nitrogens with one attached hydrogen (secondary N) is 2. The molecule has 1 unspecified atom stereocenters. The van der Waals surface area contributed by atoms with Gasteiger partial charge in [0.15, 0.2) is 0 Å². The third-order valence-electron chi connectivity index (χ3n) is 2.05. The van der Waals surface area contributed by atoms with Crippen LogP contribution in [0.1, 0.15) is 19.3 Å². The summed E-state index contributed by atoms with van der Waals surface area (Å²) in [5, 5.41) is 23.6. The maximum Gasteiger partial charge on any atom is 0.139 e. The van der Waals surface area contributed by atoms with Crippen LogP contribution in [0.15, 0.2) is 0 Å². The largest absolute Gasteiger partial charge is 0.394 e. The lowest BCUT2D eigenvalue weighted by atomic mass is 10.2. The predicted octanol–water partition coefficient (Wildman–Crippen LogP) is -2.58. The lowest BCUT2D eigenvalue weighted by molar-refractivity contribution is -0.111. The first-order valence-electron chi connectivity index (χ1n) is 5.35. The number of aldehydes is 1. The van der Waals surface area contributed by atoms with Gasteiger partial charge in [-0.2, -0.15) is 0 Å². The molecule has 0 aromatic rings. The zero-order chi connectivity index (χ0) is 12.4. The number of carbonyl (C=O) groups excluding carboxylic acids is 1. The highest BCUT2D eigenvalue weighted by atomic mass is 16.3. The van der Waals surface area contributed by atoms with Crippen LogP contribution in [0.3, 0.4) is 0 Å². The number of carbonyl (C=O) groups is 1. The molecule has 0 aliphatic rings. The van der Waals surface area contributed by atoms with Gasteiger partial charge in [-0.05, 0) is 25.8 Å².